The van der Waals surface area contributed by atoms with Gasteiger partial charge in [0.05, 0.1) is 6.61 Å². The van der Waals surface area contributed by atoms with Gasteiger partial charge in [0.2, 0.25) is 5.91 Å². The highest BCUT2D eigenvalue weighted by molar-refractivity contribution is 5.75. The average molecular weight is 330 g/mol. The first kappa shape index (κ1) is 17.3. The van der Waals surface area contributed by atoms with E-state index < -0.39 is 0 Å². The van der Waals surface area contributed by atoms with Gasteiger partial charge in [-0.3, -0.25) is 4.79 Å². The summed E-state index contributed by atoms with van der Waals surface area (Å²) in [6, 6.07) is 6.24. The predicted molar refractivity (Wildman–Crippen MR) is 96.1 cm³/mol. The van der Waals surface area contributed by atoms with Gasteiger partial charge in [0.25, 0.3) is 0 Å². The Hall–Kier alpha value is -1.55. The predicted octanol–water partition coefficient (Wildman–Crippen LogP) is 3.18. The molecule has 4 heteroatoms. The molecular weight excluding hydrogens is 300 g/mol. The van der Waals surface area contributed by atoms with Crippen molar-refractivity contribution in [3.05, 3.63) is 29.3 Å². The molecule has 0 spiro atoms. The van der Waals surface area contributed by atoms with Crippen molar-refractivity contribution in [1.82, 2.24) is 10.6 Å². The molecule has 1 aliphatic heterocycles. The molecule has 2 aliphatic rings. The molecule has 1 saturated heterocycles. The summed E-state index contributed by atoms with van der Waals surface area (Å²) in [5.41, 5.74) is 2.28. The molecule has 24 heavy (non-hydrogen) atoms. The number of hydrogen-bond donors (Lipinski definition) is 2. The Morgan fingerprint density at radius 1 is 1.21 bits per heavy atom. The largest absolute Gasteiger partial charge is 0.493 e. The van der Waals surface area contributed by atoms with Crippen molar-refractivity contribution in [2.45, 2.75) is 52.0 Å². The molecule has 0 radical (unpaired) electrons. The smallest absolute Gasteiger partial charge is 0.220 e. The first-order valence-corrected chi connectivity index (χ1v) is 9.40. The minimum atomic E-state index is 0.155. The van der Waals surface area contributed by atoms with Crippen LogP contribution in [0.1, 0.15) is 49.7 Å². The number of carbonyl (C=O) groups is 1. The molecule has 132 valence electrons. The summed E-state index contributed by atoms with van der Waals surface area (Å²) in [5, 5.41) is 6.44. The fourth-order valence-corrected chi connectivity index (χ4v) is 3.22. The lowest BCUT2D eigenvalue weighted by Gasteiger charge is -2.22. The van der Waals surface area contributed by atoms with Gasteiger partial charge in [-0.1, -0.05) is 12.1 Å². The number of ether oxygens (including phenoxy) is 1. The van der Waals surface area contributed by atoms with Crippen LogP contribution in [0.5, 0.6) is 5.75 Å². The molecule has 2 N–H and O–H groups in total. The lowest BCUT2D eigenvalue weighted by atomic mass is 9.93. The van der Waals surface area contributed by atoms with E-state index in [0.717, 1.165) is 43.3 Å². The number of piperidine rings is 1. The summed E-state index contributed by atoms with van der Waals surface area (Å²) < 4.78 is 5.97. The van der Waals surface area contributed by atoms with Crippen LogP contribution in [0.15, 0.2) is 18.2 Å². The number of nitrogens with one attached hydrogen (secondary N) is 2. The highest BCUT2D eigenvalue weighted by Gasteiger charge is 2.22. The van der Waals surface area contributed by atoms with Crippen molar-refractivity contribution < 1.29 is 9.53 Å². The molecular formula is C20H30N2O2. The molecule has 1 aromatic carbocycles. The van der Waals surface area contributed by atoms with Gasteiger partial charge in [-0.05, 0) is 75.6 Å². The molecule has 0 bridgehead atoms. The van der Waals surface area contributed by atoms with E-state index in [-0.39, 0.29) is 5.91 Å². The van der Waals surface area contributed by atoms with E-state index in [1.807, 2.05) is 0 Å². The van der Waals surface area contributed by atoms with Crippen molar-refractivity contribution in [1.29, 1.82) is 0 Å². The topological polar surface area (TPSA) is 50.4 Å². The number of hydrogen-bond acceptors (Lipinski definition) is 3. The van der Waals surface area contributed by atoms with Gasteiger partial charge < -0.3 is 15.4 Å². The summed E-state index contributed by atoms with van der Waals surface area (Å²) in [4.78, 5) is 12.1. The number of rotatable bonds is 8. The number of amides is 1. The average Bonchev–Trinajstić information content (AvgIpc) is 3.42. The number of carbonyl (C=O) groups excluding carboxylic acids is 1. The summed E-state index contributed by atoms with van der Waals surface area (Å²) in [6.07, 6.45) is 6.61. The quantitative estimate of drug-likeness (QED) is 0.770. The summed E-state index contributed by atoms with van der Waals surface area (Å²) in [6.45, 7) is 5.63. The third-order valence-corrected chi connectivity index (χ3v) is 5.11. The van der Waals surface area contributed by atoms with Crippen LogP contribution in [0.2, 0.25) is 0 Å². The van der Waals surface area contributed by atoms with Crippen LogP contribution in [0.3, 0.4) is 0 Å². The molecule has 4 nitrogen and oxygen atoms in total. The molecule has 1 aliphatic carbocycles. The second-order valence-corrected chi connectivity index (χ2v) is 7.37. The fraction of sp³-hybridized carbons (Fsp3) is 0.650. The third kappa shape index (κ3) is 5.52. The highest BCUT2D eigenvalue weighted by Crippen LogP contribution is 2.30. The first-order chi connectivity index (χ1) is 11.7. The van der Waals surface area contributed by atoms with Crippen molar-refractivity contribution in [2.75, 3.05) is 19.7 Å². The second-order valence-electron chi connectivity index (χ2n) is 7.37. The molecule has 3 rings (SSSR count). The molecule has 0 unspecified atom stereocenters. The first-order valence-electron chi connectivity index (χ1n) is 9.40. The van der Waals surface area contributed by atoms with E-state index in [9.17, 15) is 4.79 Å². The molecule has 1 heterocycles. The molecule has 0 aromatic heterocycles. The Labute approximate surface area is 145 Å². The lowest BCUT2D eigenvalue weighted by Crippen LogP contribution is -2.29. The number of benzene rings is 1. The Balaban J connectivity index is 1.44. The maximum Gasteiger partial charge on any atom is 0.220 e. The van der Waals surface area contributed by atoms with Gasteiger partial charge in [0, 0.05) is 18.5 Å². The van der Waals surface area contributed by atoms with E-state index in [2.05, 4.69) is 35.8 Å². The summed E-state index contributed by atoms with van der Waals surface area (Å²) in [7, 11) is 0. The minimum absolute atomic E-state index is 0.155. The van der Waals surface area contributed by atoms with Crippen molar-refractivity contribution >= 4 is 5.91 Å². The van der Waals surface area contributed by atoms with E-state index in [1.54, 1.807) is 0 Å². The summed E-state index contributed by atoms with van der Waals surface area (Å²) in [5.74, 6) is 2.52. The van der Waals surface area contributed by atoms with Gasteiger partial charge in [-0.2, -0.15) is 0 Å². The van der Waals surface area contributed by atoms with Crippen LogP contribution in [-0.4, -0.2) is 25.6 Å². The van der Waals surface area contributed by atoms with E-state index >= 15 is 0 Å². The van der Waals surface area contributed by atoms with Crippen LogP contribution in [0, 0.1) is 18.8 Å². The highest BCUT2D eigenvalue weighted by atomic mass is 16.5. The Bertz CT molecular complexity index is 549. The molecule has 2 fully saturated rings. The third-order valence-electron chi connectivity index (χ3n) is 5.11. The van der Waals surface area contributed by atoms with Crippen LogP contribution < -0.4 is 15.4 Å². The van der Waals surface area contributed by atoms with E-state index in [4.69, 9.17) is 4.74 Å². The van der Waals surface area contributed by atoms with Crippen LogP contribution >= 0.6 is 0 Å². The molecule has 1 saturated carbocycles. The van der Waals surface area contributed by atoms with Gasteiger partial charge in [0.1, 0.15) is 5.75 Å². The zero-order chi connectivity index (χ0) is 16.8. The van der Waals surface area contributed by atoms with Crippen LogP contribution in [-0.2, 0) is 11.3 Å². The molecule has 1 aromatic rings. The van der Waals surface area contributed by atoms with Gasteiger partial charge >= 0.3 is 0 Å². The van der Waals surface area contributed by atoms with Gasteiger partial charge in [-0.25, -0.2) is 0 Å². The maximum atomic E-state index is 12.1. The van der Waals surface area contributed by atoms with Crippen molar-refractivity contribution in [2.24, 2.45) is 11.8 Å². The van der Waals surface area contributed by atoms with Crippen LogP contribution in [0.4, 0.5) is 0 Å². The number of aryl methyl sites for hydroxylation is 1. The monoisotopic (exact) mass is 330 g/mol. The SMILES string of the molecule is Cc1ccc(CNC(=O)CCC2CCNCC2)c(OCC2CC2)c1. The van der Waals surface area contributed by atoms with Crippen molar-refractivity contribution in [3.63, 3.8) is 0 Å². The molecule has 1 amide bonds. The zero-order valence-corrected chi connectivity index (χ0v) is 14.8. The maximum absolute atomic E-state index is 12.1. The van der Waals surface area contributed by atoms with E-state index in [0.29, 0.717) is 18.9 Å². The second kappa shape index (κ2) is 8.52. The summed E-state index contributed by atoms with van der Waals surface area (Å²) >= 11 is 0. The zero-order valence-electron chi connectivity index (χ0n) is 14.8. The van der Waals surface area contributed by atoms with Gasteiger partial charge in [-0.15, -0.1) is 0 Å². The Morgan fingerprint density at radius 3 is 2.75 bits per heavy atom. The standard InChI is InChI=1S/C20H30N2O2/c1-15-2-6-18(19(12-15)24-14-17-3-4-17)13-22-20(23)7-5-16-8-10-21-11-9-16/h2,6,12,16-17,21H,3-5,7-11,13-14H2,1H3,(H,22,23). The normalized spacial score (nSPS) is 18.4. The minimum Gasteiger partial charge on any atom is -0.493 e. The Morgan fingerprint density at radius 2 is 2.00 bits per heavy atom. The molecule has 0 atom stereocenters. The van der Waals surface area contributed by atoms with Crippen molar-refractivity contribution in [3.8, 4) is 5.75 Å². The Kier molecular flexibility index (Phi) is 6.13. The van der Waals surface area contributed by atoms with Gasteiger partial charge in [0.15, 0.2) is 0 Å². The lowest BCUT2D eigenvalue weighted by molar-refractivity contribution is -0.121. The fourth-order valence-electron chi connectivity index (χ4n) is 3.22. The van der Waals surface area contributed by atoms with E-state index in [1.165, 1.54) is 31.2 Å². The van der Waals surface area contributed by atoms with Crippen LogP contribution in [0.25, 0.3) is 0 Å².